The number of carboxylic acids is 1. The highest BCUT2D eigenvalue weighted by molar-refractivity contribution is 5.94. The molecule has 4 nitrogen and oxygen atoms in total. The SMILES string of the molecule is O=C(O)c1c(O)c(F)c(F)c(F)c1O. The first-order chi connectivity index (χ1) is 6.37. The molecule has 0 aromatic heterocycles. The minimum atomic E-state index is -2.13. The zero-order chi connectivity index (χ0) is 11.0. The summed E-state index contributed by atoms with van der Waals surface area (Å²) in [4.78, 5) is 10.3. The van der Waals surface area contributed by atoms with Crippen LogP contribution >= 0.6 is 0 Å². The van der Waals surface area contributed by atoms with Crippen molar-refractivity contribution < 1.29 is 33.3 Å². The van der Waals surface area contributed by atoms with Crippen LogP contribution in [0.1, 0.15) is 10.4 Å². The molecular weight excluding hydrogens is 205 g/mol. The Kier molecular flexibility index (Phi) is 2.24. The molecule has 7 heteroatoms. The Morgan fingerprint density at radius 3 is 1.57 bits per heavy atom. The third-order valence-electron chi connectivity index (χ3n) is 1.49. The van der Waals surface area contributed by atoms with Gasteiger partial charge in [0, 0.05) is 0 Å². The number of hydrogen-bond donors (Lipinski definition) is 3. The lowest BCUT2D eigenvalue weighted by molar-refractivity contribution is 0.0687. The van der Waals surface area contributed by atoms with Gasteiger partial charge in [-0.05, 0) is 0 Å². The van der Waals surface area contributed by atoms with Crippen molar-refractivity contribution in [3.05, 3.63) is 23.0 Å². The van der Waals surface area contributed by atoms with E-state index < -0.39 is 40.5 Å². The van der Waals surface area contributed by atoms with Crippen molar-refractivity contribution in [2.45, 2.75) is 0 Å². The molecule has 0 bridgehead atoms. The van der Waals surface area contributed by atoms with E-state index in [1.807, 2.05) is 0 Å². The summed E-state index contributed by atoms with van der Waals surface area (Å²) in [6.07, 6.45) is 0. The van der Waals surface area contributed by atoms with Crippen molar-refractivity contribution in [1.82, 2.24) is 0 Å². The van der Waals surface area contributed by atoms with E-state index in [0.717, 1.165) is 0 Å². The van der Waals surface area contributed by atoms with E-state index in [0.29, 0.717) is 0 Å². The van der Waals surface area contributed by atoms with Crippen LogP contribution in [0.15, 0.2) is 0 Å². The van der Waals surface area contributed by atoms with Gasteiger partial charge in [0.1, 0.15) is 5.56 Å². The number of carbonyl (C=O) groups is 1. The molecule has 0 amide bonds. The van der Waals surface area contributed by atoms with E-state index in [-0.39, 0.29) is 0 Å². The molecular formula is C7H3F3O4. The van der Waals surface area contributed by atoms with E-state index in [2.05, 4.69) is 0 Å². The number of phenols is 2. The Morgan fingerprint density at radius 1 is 0.929 bits per heavy atom. The molecule has 0 aliphatic carbocycles. The van der Waals surface area contributed by atoms with Crippen LogP contribution in [0.5, 0.6) is 11.5 Å². The summed E-state index contributed by atoms with van der Waals surface area (Å²) in [6.45, 7) is 0. The first kappa shape index (κ1) is 10.2. The number of aromatic hydroxyl groups is 2. The number of aromatic carboxylic acids is 1. The predicted octanol–water partition coefficient (Wildman–Crippen LogP) is 1.21. The maximum absolute atomic E-state index is 12.6. The molecule has 0 spiro atoms. The van der Waals surface area contributed by atoms with Gasteiger partial charge in [-0.2, -0.15) is 8.78 Å². The Balaban J connectivity index is 3.68. The summed E-state index contributed by atoms with van der Waals surface area (Å²) < 4.78 is 37.5. The molecule has 3 N–H and O–H groups in total. The van der Waals surface area contributed by atoms with Gasteiger partial charge in [0.2, 0.25) is 17.5 Å². The summed E-state index contributed by atoms with van der Waals surface area (Å²) in [5.74, 6) is -11.5. The van der Waals surface area contributed by atoms with Crippen molar-refractivity contribution >= 4 is 5.97 Å². The standard InChI is InChI=1S/C7H3F3O4/c8-2-3(9)5(11)1(7(13)14)6(12)4(2)10/h11-12H,(H,13,14). The average Bonchev–Trinajstić information content (AvgIpc) is 2.11. The predicted molar refractivity (Wildman–Crippen MR) is 36.6 cm³/mol. The number of halogens is 3. The van der Waals surface area contributed by atoms with Gasteiger partial charge in [0.05, 0.1) is 0 Å². The minimum Gasteiger partial charge on any atom is -0.504 e. The van der Waals surface area contributed by atoms with E-state index in [4.69, 9.17) is 15.3 Å². The van der Waals surface area contributed by atoms with Gasteiger partial charge in [-0.15, -0.1) is 0 Å². The lowest BCUT2D eigenvalue weighted by Crippen LogP contribution is -2.04. The first-order valence-electron chi connectivity index (χ1n) is 3.19. The van der Waals surface area contributed by atoms with Crippen LogP contribution < -0.4 is 0 Å². The van der Waals surface area contributed by atoms with Gasteiger partial charge >= 0.3 is 5.97 Å². The fraction of sp³-hybridized carbons (Fsp3) is 0. The maximum Gasteiger partial charge on any atom is 0.343 e. The van der Waals surface area contributed by atoms with Gasteiger partial charge in [0.25, 0.3) is 0 Å². The maximum atomic E-state index is 12.6. The van der Waals surface area contributed by atoms with Crippen LogP contribution in [-0.2, 0) is 0 Å². The van der Waals surface area contributed by atoms with Crippen LogP contribution in [0.25, 0.3) is 0 Å². The molecule has 0 atom stereocenters. The molecule has 1 aromatic rings. The van der Waals surface area contributed by atoms with Crippen molar-refractivity contribution in [2.75, 3.05) is 0 Å². The third-order valence-corrected chi connectivity index (χ3v) is 1.49. The zero-order valence-corrected chi connectivity index (χ0v) is 6.38. The molecule has 1 rings (SSSR count). The zero-order valence-electron chi connectivity index (χ0n) is 6.38. The summed E-state index contributed by atoms with van der Waals surface area (Å²) in [5.41, 5.74) is -1.42. The average molecular weight is 208 g/mol. The highest BCUT2D eigenvalue weighted by Gasteiger charge is 2.28. The number of benzene rings is 1. The van der Waals surface area contributed by atoms with Crippen LogP contribution in [0.3, 0.4) is 0 Å². The fourth-order valence-corrected chi connectivity index (χ4v) is 0.838. The van der Waals surface area contributed by atoms with Gasteiger partial charge in [-0.1, -0.05) is 0 Å². The van der Waals surface area contributed by atoms with Crippen LogP contribution in [0.2, 0.25) is 0 Å². The van der Waals surface area contributed by atoms with Crippen molar-refractivity contribution in [2.24, 2.45) is 0 Å². The molecule has 0 heterocycles. The van der Waals surface area contributed by atoms with Gasteiger partial charge in [-0.3, -0.25) is 0 Å². The van der Waals surface area contributed by atoms with Crippen LogP contribution in [-0.4, -0.2) is 21.3 Å². The Labute approximate surface area is 74.8 Å². The first-order valence-corrected chi connectivity index (χ1v) is 3.19. The second kappa shape index (κ2) is 3.09. The highest BCUT2D eigenvalue weighted by Crippen LogP contribution is 2.34. The minimum absolute atomic E-state index is 1.42. The lowest BCUT2D eigenvalue weighted by Gasteiger charge is -2.05. The smallest absolute Gasteiger partial charge is 0.343 e. The molecule has 0 radical (unpaired) electrons. The molecule has 0 aliphatic heterocycles. The van der Waals surface area contributed by atoms with Crippen molar-refractivity contribution in [3.8, 4) is 11.5 Å². The fourth-order valence-electron chi connectivity index (χ4n) is 0.838. The lowest BCUT2D eigenvalue weighted by atomic mass is 10.1. The quantitative estimate of drug-likeness (QED) is 0.606. The largest absolute Gasteiger partial charge is 0.504 e. The van der Waals surface area contributed by atoms with E-state index in [9.17, 15) is 18.0 Å². The molecule has 0 saturated heterocycles. The summed E-state index contributed by atoms with van der Waals surface area (Å²) in [6, 6.07) is 0. The number of carboxylic acid groups (broad SMARTS) is 1. The summed E-state index contributed by atoms with van der Waals surface area (Å²) in [5, 5.41) is 25.8. The van der Waals surface area contributed by atoms with Crippen molar-refractivity contribution in [1.29, 1.82) is 0 Å². The highest BCUT2D eigenvalue weighted by atomic mass is 19.2. The summed E-state index contributed by atoms with van der Waals surface area (Å²) >= 11 is 0. The molecule has 1 aromatic carbocycles. The van der Waals surface area contributed by atoms with Crippen LogP contribution in [0, 0.1) is 17.5 Å². The monoisotopic (exact) mass is 208 g/mol. The number of hydrogen-bond acceptors (Lipinski definition) is 3. The van der Waals surface area contributed by atoms with Crippen LogP contribution in [0.4, 0.5) is 13.2 Å². The molecule has 0 fully saturated rings. The van der Waals surface area contributed by atoms with E-state index in [1.165, 1.54) is 0 Å². The van der Waals surface area contributed by atoms with E-state index in [1.54, 1.807) is 0 Å². The molecule has 0 unspecified atom stereocenters. The van der Waals surface area contributed by atoms with Gasteiger partial charge in [-0.25, -0.2) is 9.18 Å². The number of rotatable bonds is 1. The molecule has 14 heavy (non-hydrogen) atoms. The van der Waals surface area contributed by atoms with E-state index >= 15 is 0 Å². The van der Waals surface area contributed by atoms with Gasteiger partial charge in [0.15, 0.2) is 11.5 Å². The Bertz CT molecular complexity index is 387. The second-order valence-electron chi connectivity index (χ2n) is 2.32. The Hall–Kier alpha value is -1.92. The third kappa shape index (κ3) is 1.22. The molecule has 0 saturated carbocycles. The normalized spacial score (nSPS) is 10.2. The van der Waals surface area contributed by atoms with Crippen molar-refractivity contribution in [3.63, 3.8) is 0 Å². The topological polar surface area (TPSA) is 77.8 Å². The Morgan fingerprint density at radius 2 is 1.29 bits per heavy atom. The molecule has 76 valence electrons. The molecule has 0 aliphatic rings. The summed E-state index contributed by atoms with van der Waals surface area (Å²) in [7, 11) is 0. The second-order valence-corrected chi connectivity index (χ2v) is 2.32. The van der Waals surface area contributed by atoms with Gasteiger partial charge < -0.3 is 15.3 Å².